The molecule has 2 aliphatic rings. The van der Waals surface area contributed by atoms with E-state index in [0.29, 0.717) is 22.7 Å². The quantitative estimate of drug-likeness (QED) is 0.441. The van der Waals surface area contributed by atoms with Crippen molar-refractivity contribution in [1.82, 2.24) is 4.31 Å². The minimum absolute atomic E-state index is 0.00432. The van der Waals surface area contributed by atoms with Crippen molar-refractivity contribution in [2.75, 3.05) is 19.0 Å². The Labute approximate surface area is 215 Å². The number of carbonyl (C=O) groups is 2. The summed E-state index contributed by atoms with van der Waals surface area (Å²) in [6.07, 6.45) is 2.74. The molecule has 190 valence electrons. The summed E-state index contributed by atoms with van der Waals surface area (Å²) < 4.78 is 34.5. The highest BCUT2D eigenvalue weighted by Crippen LogP contribution is 2.53. The van der Waals surface area contributed by atoms with Crippen molar-refractivity contribution in [2.24, 2.45) is 10.8 Å². The third-order valence-electron chi connectivity index (χ3n) is 7.29. The van der Waals surface area contributed by atoms with Crippen LogP contribution < -0.4 is 5.32 Å². The lowest BCUT2D eigenvalue weighted by Gasteiger charge is -2.39. The van der Waals surface area contributed by atoms with Crippen molar-refractivity contribution in [2.45, 2.75) is 51.0 Å². The van der Waals surface area contributed by atoms with Crippen LogP contribution in [0.3, 0.4) is 0 Å². The molecular formula is C27H30N2O5S2. The number of amides is 1. The number of thiophene rings is 1. The lowest BCUT2D eigenvalue weighted by atomic mass is 9.65. The minimum atomic E-state index is -3.68. The first-order chi connectivity index (χ1) is 16.9. The third kappa shape index (κ3) is 4.33. The van der Waals surface area contributed by atoms with E-state index < -0.39 is 21.9 Å². The Hall–Kier alpha value is -2.75. The molecule has 2 bridgehead atoms. The van der Waals surface area contributed by atoms with Crippen LogP contribution in [0.5, 0.6) is 0 Å². The number of hydrogen-bond acceptors (Lipinski definition) is 6. The molecule has 2 fully saturated rings. The Balaban J connectivity index is 1.39. The van der Waals surface area contributed by atoms with E-state index in [1.54, 1.807) is 4.31 Å². The summed E-state index contributed by atoms with van der Waals surface area (Å²) in [5.74, 6) is -0.959. The molecule has 7 nitrogen and oxygen atoms in total. The molecule has 1 saturated carbocycles. The molecule has 9 heteroatoms. The zero-order valence-electron chi connectivity index (χ0n) is 20.8. The number of fused-ring (bicyclic) bond motifs is 3. The molecule has 36 heavy (non-hydrogen) atoms. The molecule has 2 heterocycles. The van der Waals surface area contributed by atoms with Crippen LogP contribution in [0.1, 0.15) is 60.1 Å². The Morgan fingerprint density at radius 2 is 1.75 bits per heavy atom. The highest BCUT2D eigenvalue weighted by atomic mass is 32.2. The first-order valence-electron chi connectivity index (χ1n) is 12.0. The minimum Gasteiger partial charge on any atom is -0.465 e. The number of rotatable bonds is 5. The number of hydrogen-bond donors (Lipinski definition) is 1. The van der Waals surface area contributed by atoms with Gasteiger partial charge < -0.3 is 10.1 Å². The predicted molar refractivity (Wildman–Crippen MR) is 141 cm³/mol. The fraction of sp³-hybridized carbons (Fsp3) is 0.407. The van der Waals surface area contributed by atoms with Gasteiger partial charge in [-0.25, -0.2) is 13.2 Å². The largest absolute Gasteiger partial charge is 0.465 e. The summed E-state index contributed by atoms with van der Waals surface area (Å²) in [7, 11) is -2.38. The topological polar surface area (TPSA) is 92.8 Å². The lowest BCUT2D eigenvalue weighted by molar-refractivity contribution is 0.0607. The zero-order chi connectivity index (χ0) is 25.9. The first-order valence-corrected chi connectivity index (χ1v) is 14.2. The molecule has 1 aliphatic carbocycles. The Bertz CT molecular complexity index is 1460. The number of ether oxygens (including phenoxy) is 1. The van der Waals surface area contributed by atoms with Gasteiger partial charge >= 0.3 is 5.97 Å². The molecule has 2 atom stereocenters. The Kier molecular flexibility index (Phi) is 6.01. The summed E-state index contributed by atoms with van der Waals surface area (Å²) in [6, 6.07) is 13.4. The summed E-state index contributed by atoms with van der Waals surface area (Å²) in [6.45, 7) is 7.13. The molecule has 1 amide bonds. The lowest BCUT2D eigenvalue weighted by Crippen LogP contribution is -2.37. The normalized spacial score (nSPS) is 23.5. The van der Waals surface area contributed by atoms with Gasteiger partial charge in [0.15, 0.2) is 0 Å². The van der Waals surface area contributed by atoms with Gasteiger partial charge in [-0.2, -0.15) is 4.31 Å². The van der Waals surface area contributed by atoms with Crippen LogP contribution >= 0.6 is 11.3 Å². The van der Waals surface area contributed by atoms with Gasteiger partial charge in [0.2, 0.25) is 10.0 Å². The third-order valence-corrected chi connectivity index (χ3v) is 10.4. The number of sulfonamides is 1. The smallest absolute Gasteiger partial charge is 0.350 e. The summed E-state index contributed by atoms with van der Waals surface area (Å²) in [5.41, 5.74) is 0.788. The maximum Gasteiger partial charge on any atom is 0.350 e. The molecule has 1 aliphatic heterocycles. The van der Waals surface area contributed by atoms with E-state index >= 15 is 0 Å². The second kappa shape index (κ2) is 8.68. The summed E-state index contributed by atoms with van der Waals surface area (Å²) >= 11 is 1.25. The number of methoxy groups -OCH3 is 1. The number of nitrogens with zero attached hydrogens (tertiary/aromatic N) is 1. The van der Waals surface area contributed by atoms with Crippen LogP contribution in [0.15, 0.2) is 53.4 Å². The van der Waals surface area contributed by atoms with Crippen LogP contribution in [0, 0.1) is 10.8 Å². The van der Waals surface area contributed by atoms with Gasteiger partial charge in [-0.05, 0) is 60.4 Å². The summed E-state index contributed by atoms with van der Waals surface area (Å²) in [4.78, 5) is 25.9. The fourth-order valence-electron chi connectivity index (χ4n) is 6.19. The molecule has 0 unspecified atom stereocenters. The molecule has 1 N–H and O–H groups in total. The maximum absolute atomic E-state index is 13.5. The number of anilines is 1. The van der Waals surface area contributed by atoms with Crippen LogP contribution in [0.4, 0.5) is 5.69 Å². The van der Waals surface area contributed by atoms with E-state index in [9.17, 15) is 18.0 Å². The van der Waals surface area contributed by atoms with E-state index in [4.69, 9.17) is 4.74 Å². The molecule has 2 aromatic carbocycles. The van der Waals surface area contributed by atoms with E-state index in [1.807, 2.05) is 24.3 Å². The van der Waals surface area contributed by atoms with Crippen molar-refractivity contribution in [3.05, 3.63) is 59.0 Å². The van der Waals surface area contributed by atoms with Crippen LogP contribution in [-0.4, -0.2) is 44.3 Å². The van der Waals surface area contributed by atoms with Crippen molar-refractivity contribution in [3.63, 3.8) is 0 Å². The monoisotopic (exact) mass is 526 g/mol. The molecule has 1 aromatic heterocycles. The zero-order valence-corrected chi connectivity index (χ0v) is 22.5. The Morgan fingerprint density at radius 1 is 1.06 bits per heavy atom. The summed E-state index contributed by atoms with van der Waals surface area (Å²) in [5, 5.41) is 3.58. The molecule has 3 aromatic rings. The fourth-order valence-corrected chi connectivity index (χ4v) is 9.04. The predicted octanol–water partition coefficient (Wildman–Crippen LogP) is 5.53. The molecule has 1 saturated heterocycles. The van der Waals surface area contributed by atoms with Gasteiger partial charge in [-0.3, -0.25) is 4.79 Å². The van der Waals surface area contributed by atoms with E-state index in [-0.39, 0.29) is 21.8 Å². The standard InChI is InChI=1S/C27H30N2O5S2/c1-26(2)13-18-14-27(3,15-26)16-29(18)36(32,33)19-11-9-17(10-12-19)24(30)28-22-20-7-5-6-8-21(20)35-23(22)25(31)34-4/h5-12,18H,13-16H2,1-4H3,(H,28,30)/t18-,27+/m1/s1. The van der Waals surface area contributed by atoms with Crippen LogP contribution in [0.25, 0.3) is 10.1 Å². The molecule has 5 rings (SSSR count). The highest BCUT2D eigenvalue weighted by molar-refractivity contribution is 7.89. The SMILES string of the molecule is COC(=O)c1sc2ccccc2c1NC(=O)c1ccc(S(=O)(=O)N2C[C@@]3(C)C[C@H]2CC(C)(C)C3)cc1. The second-order valence-electron chi connectivity index (χ2n) is 11.0. The average Bonchev–Trinajstić information content (AvgIpc) is 3.32. The molecular weight excluding hydrogens is 496 g/mol. The molecule has 0 spiro atoms. The van der Waals surface area contributed by atoms with Gasteiger partial charge in [0.25, 0.3) is 5.91 Å². The van der Waals surface area contributed by atoms with Gasteiger partial charge in [0.1, 0.15) is 4.88 Å². The van der Waals surface area contributed by atoms with Gasteiger partial charge in [-0.1, -0.05) is 39.0 Å². The average molecular weight is 527 g/mol. The van der Waals surface area contributed by atoms with E-state index in [2.05, 4.69) is 26.1 Å². The first kappa shape index (κ1) is 24.9. The van der Waals surface area contributed by atoms with Crippen LogP contribution in [0.2, 0.25) is 0 Å². The van der Waals surface area contributed by atoms with Crippen molar-refractivity contribution < 1.29 is 22.7 Å². The number of nitrogens with one attached hydrogen (secondary N) is 1. The van der Waals surface area contributed by atoms with Gasteiger partial charge in [0.05, 0.1) is 17.7 Å². The highest BCUT2D eigenvalue weighted by Gasteiger charge is 2.53. The van der Waals surface area contributed by atoms with Gasteiger partial charge in [-0.15, -0.1) is 11.3 Å². The van der Waals surface area contributed by atoms with Crippen molar-refractivity contribution in [1.29, 1.82) is 0 Å². The van der Waals surface area contributed by atoms with E-state index in [0.717, 1.165) is 29.3 Å². The van der Waals surface area contributed by atoms with Gasteiger partial charge in [0, 0.05) is 28.2 Å². The van der Waals surface area contributed by atoms with Crippen LogP contribution in [-0.2, 0) is 14.8 Å². The molecule has 0 radical (unpaired) electrons. The number of esters is 1. The number of benzene rings is 2. The number of carbonyl (C=O) groups excluding carboxylic acids is 2. The Morgan fingerprint density at radius 3 is 2.44 bits per heavy atom. The maximum atomic E-state index is 13.5. The second-order valence-corrected chi connectivity index (χ2v) is 14.0. The van der Waals surface area contributed by atoms with Crippen molar-refractivity contribution >= 4 is 49.0 Å². The van der Waals surface area contributed by atoms with Crippen molar-refractivity contribution in [3.8, 4) is 0 Å². The van der Waals surface area contributed by atoms with E-state index in [1.165, 1.54) is 42.7 Å².